The summed E-state index contributed by atoms with van der Waals surface area (Å²) < 4.78 is 0. The number of thioether (sulfide) groups is 1. The third-order valence-corrected chi connectivity index (χ3v) is 4.50. The van der Waals surface area contributed by atoms with Gasteiger partial charge in [-0.25, -0.2) is 0 Å². The second kappa shape index (κ2) is 7.71. The van der Waals surface area contributed by atoms with Crippen molar-refractivity contribution in [2.75, 3.05) is 55.5 Å². The Morgan fingerprint density at radius 1 is 1.29 bits per heavy atom. The third kappa shape index (κ3) is 4.64. The van der Waals surface area contributed by atoms with Crippen LogP contribution in [0.15, 0.2) is 18.2 Å². The number of benzene rings is 1. The molecule has 21 heavy (non-hydrogen) atoms. The predicted molar refractivity (Wildman–Crippen MR) is 92.5 cm³/mol. The number of rotatable bonds is 5. The summed E-state index contributed by atoms with van der Waals surface area (Å²) in [7, 11) is 2.16. The normalized spacial score (nSPS) is 16.0. The number of carbonyl (C=O) groups excluding carboxylic acids is 1. The minimum absolute atomic E-state index is 0.0970. The van der Waals surface area contributed by atoms with E-state index in [0.29, 0.717) is 6.42 Å². The Balaban J connectivity index is 1.98. The van der Waals surface area contributed by atoms with Crippen molar-refractivity contribution >= 4 is 29.0 Å². The van der Waals surface area contributed by atoms with Crippen LogP contribution in [0.4, 0.5) is 11.4 Å². The molecule has 1 saturated heterocycles. The lowest BCUT2D eigenvalue weighted by atomic mass is 10.1. The Morgan fingerprint density at radius 2 is 2.00 bits per heavy atom. The van der Waals surface area contributed by atoms with Gasteiger partial charge >= 0.3 is 0 Å². The molecule has 0 unspecified atom stereocenters. The number of hydrogen-bond acceptors (Lipinski definition) is 4. The quantitative estimate of drug-likeness (QED) is 0.906. The first-order chi connectivity index (χ1) is 10.1. The maximum Gasteiger partial charge on any atom is 0.225 e. The smallest absolute Gasteiger partial charge is 0.225 e. The molecule has 1 aromatic carbocycles. The fraction of sp³-hybridized carbons (Fsp3) is 0.562. The van der Waals surface area contributed by atoms with Crippen LogP contribution in [0.2, 0.25) is 0 Å². The number of carbonyl (C=O) groups is 1. The summed E-state index contributed by atoms with van der Waals surface area (Å²) in [5.41, 5.74) is 3.31. The molecular formula is C16H25N3OS. The molecule has 1 N–H and O–H groups in total. The lowest BCUT2D eigenvalue weighted by Crippen LogP contribution is -2.44. The molecule has 116 valence electrons. The van der Waals surface area contributed by atoms with Crippen LogP contribution < -0.4 is 10.2 Å². The Morgan fingerprint density at radius 3 is 2.62 bits per heavy atom. The van der Waals surface area contributed by atoms with Crippen molar-refractivity contribution < 1.29 is 4.79 Å². The molecule has 1 fully saturated rings. The van der Waals surface area contributed by atoms with Crippen molar-refractivity contribution in [3.05, 3.63) is 23.8 Å². The van der Waals surface area contributed by atoms with Crippen molar-refractivity contribution in [2.24, 2.45) is 0 Å². The van der Waals surface area contributed by atoms with E-state index in [9.17, 15) is 4.79 Å². The number of amides is 1. The van der Waals surface area contributed by atoms with Gasteiger partial charge in [-0.05, 0) is 44.0 Å². The molecule has 1 aromatic rings. The molecule has 1 aliphatic heterocycles. The number of nitrogens with zero attached hydrogens (tertiary/aromatic N) is 2. The second-order valence-electron chi connectivity index (χ2n) is 5.58. The molecule has 0 radical (unpaired) electrons. The number of nitrogens with one attached hydrogen (secondary N) is 1. The lowest BCUT2D eigenvalue weighted by molar-refractivity contribution is -0.115. The minimum Gasteiger partial charge on any atom is -0.369 e. The summed E-state index contributed by atoms with van der Waals surface area (Å²) in [6.07, 6.45) is 2.59. The molecule has 1 amide bonds. The number of anilines is 2. The monoisotopic (exact) mass is 307 g/mol. The molecule has 5 heteroatoms. The van der Waals surface area contributed by atoms with Crippen molar-refractivity contribution in [1.29, 1.82) is 0 Å². The summed E-state index contributed by atoms with van der Waals surface area (Å²) in [5, 5.41) is 3.00. The molecule has 4 nitrogen and oxygen atoms in total. The highest BCUT2D eigenvalue weighted by molar-refractivity contribution is 7.98. The van der Waals surface area contributed by atoms with E-state index < -0.39 is 0 Å². The fourth-order valence-corrected chi connectivity index (χ4v) is 2.85. The molecule has 0 saturated carbocycles. The minimum atomic E-state index is 0.0970. The average molecular weight is 307 g/mol. The van der Waals surface area contributed by atoms with Crippen LogP contribution in [0.3, 0.4) is 0 Å². The van der Waals surface area contributed by atoms with Gasteiger partial charge < -0.3 is 15.1 Å². The first kappa shape index (κ1) is 16.2. The molecule has 1 aliphatic rings. The molecular weight excluding hydrogens is 282 g/mol. The van der Waals surface area contributed by atoms with Gasteiger partial charge in [-0.1, -0.05) is 0 Å². The molecule has 0 aliphatic carbocycles. The number of aryl methyl sites for hydroxylation is 1. The topological polar surface area (TPSA) is 35.6 Å². The standard InChI is InChI=1S/C16H25N3OS/c1-13-12-14(19-9-7-18(2)8-10-19)4-5-15(13)17-16(20)6-11-21-3/h4-5,12H,6-11H2,1-3H3,(H,17,20). The van der Waals surface area contributed by atoms with E-state index in [4.69, 9.17) is 0 Å². The number of piperazine rings is 1. The summed E-state index contributed by atoms with van der Waals surface area (Å²) in [4.78, 5) is 16.6. The van der Waals surface area contributed by atoms with Gasteiger partial charge in [0.15, 0.2) is 0 Å². The van der Waals surface area contributed by atoms with Crippen LogP contribution >= 0.6 is 11.8 Å². The van der Waals surface area contributed by atoms with Gasteiger partial charge in [-0.3, -0.25) is 4.79 Å². The molecule has 1 heterocycles. The highest BCUT2D eigenvalue weighted by atomic mass is 32.2. The zero-order valence-electron chi connectivity index (χ0n) is 13.2. The first-order valence-corrected chi connectivity index (χ1v) is 8.82. The highest BCUT2D eigenvalue weighted by Crippen LogP contribution is 2.23. The van der Waals surface area contributed by atoms with E-state index in [2.05, 4.69) is 41.2 Å². The van der Waals surface area contributed by atoms with Crippen LogP contribution in [-0.4, -0.2) is 56.0 Å². The van der Waals surface area contributed by atoms with Gasteiger partial charge in [0.05, 0.1) is 0 Å². The number of likely N-dealkylation sites (N-methyl/N-ethyl adjacent to an activating group) is 1. The van der Waals surface area contributed by atoms with Crippen LogP contribution in [0.1, 0.15) is 12.0 Å². The van der Waals surface area contributed by atoms with Crippen molar-refractivity contribution in [3.8, 4) is 0 Å². The molecule has 0 aromatic heterocycles. The summed E-state index contributed by atoms with van der Waals surface area (Å²) in [5.74, 6) is 0.962. The summed E-state index contributed by atoms with van der Waals surface area (Å²) in [6, 6.07) is 6.32. The summed E-state index contributed by atoms with van der Waals surface area (Å²) in [6.45, 7) is 6.40. The number of hydrogen-bond donors (Lipinski definition) is 1. The zero-order chi connectivity index (χ0) is 15.2. The lowest BCUT2D eigenvalue weighted by Gasteiger charge is -2.34. The van der Waals surface area contributed by atoms with Crippen LogP contribution in [-0.2, 0) is 4.79 Å². The molecule has 0 bridgehead atoms. The van der Waals surface area contributed by atoms with E-state index in [1.807, 2.05) is 12.3 Å². The van der Waals surface area contributed by atoms with Crippen molar-refractivity contribution in [2.45, 2.75) is 13.3 Å². The molecule has 2 rings (SSSR count). The Kier molecular flexibility index (Phi) is 5.94. The van der Waals surface area contributed by atoms with E-state index in [-0.39, 0.29) is 5.91 Å². The van der Waals surface area contributed by atoms with E-state index >= 15 is 0 Å². The van der Waals surface area contributed by atoms with E-state index in [0.717, 1.165) is 43.2 Å². The highest BCUT2D eigenvalue weighted by Gasteiger charge is 2.15. The molecule has 0 atom stereocenters. The SMILES string of the molecule is CSCCC(=O)Nc1ccc(N2CCN(C)CC2)cc1C. The predicted octanol–water partition coefficient (Wildman–Crippen LogP) is 2.44. The van der Waals surface area contributed by atoms with Gasteiger partial charge in [0, 0.05) is 49.7 Å². The van der Waals surface area contributed by atoms with Gasteiger partial charge in [0.1, 0.15) is 0 Å². The average Bonchev–Trinajstić information content (AvgIpc) is 2.48. The van der Waals surface area contributed by atoms with Gasteiger partial charge in [0.2, 0.25) is 5.91 Å². The van der Waals surface area contributed by atoms with Crippen molar-refractivity contribution in [3.63, 3.8) is 0 Å². The van der Waals surface area contributed by atoms with Gasteiger partial charge in [0.25, 0.3) is 0 Å². The van der Waals surface area contributed by atoms with Gasteiger partial charge in [-0.15, -0.1) is 0 Å². The maximum absolute atomic E-state index is 11.8. The Labute approximate surface area is 131 Å². The Hall–Kier alpha value is -1.20. The van der Waals surface area contributed by atoms with Gasteiger partial charge in [-0.2, -0.15) is 11.8 Å². The molecule has 0 spiro atoms. The fourth-order valence-electron chi connectivity index (χ4n) is 2.46. The van der Waals surface area contributed by atoms with E-state index in [1.54, 1.807) is 11.8 Å². The van der Waals surface area contributed by atoms with Crippen LogP contribution in [0.5, 0.6) is 0 Å². The largest absolute Gasteiger partial charge is 0.369 e. The third-order valence-electron chi connectivity index (χ3n) is 3.89. The maximum atomic E-state index is 11.8. The second-order valence-corrected chi connectivity index (χ2v) is 6.57. The van der Waals surface area contributed by atoms with Crippen molar-refractivity contribution in [1.82, 2.24) is 4.90 Å². The van der Waals surface area contributed by atoms with Crippen LogP contribution in [0, 0.1) is 6.92 Å². The van der Waals surface area contributed by atoms with E-state index in [1.165, 1.54) is 5.69 Å². The van der Waals surface area contributed by atoms with Crippen LogP contribution in [0.25, 0.3) is 0 Å². The Bertz CT molecular complexity index is 484. The summed E-state index contributed by atoms with van der Waals surface area (Å²) >= 11 is 1.69. The first-order valence-electron chi connectivity index (χ1n) is 7.43. The zero-order valence-corrected chi connectivity index (χ0v) is 14.0.